The van der Waals surface area contributed by atoms with Crippen molar-refractivity contribution in [2.75, 3.05) is 19.6 Å². The average Bonchev–Trinajstić information content (AvgIpc) is 3.52. The number of carbonyl (C=O) groups is 3. The maximum Gasteiger partial charge on any atom is 0.435 e. The van der Waals surface area contributed by atoms with Gasteiger partial charge in [0, 0.05) is 38.7 Å². The number of hydrogen-bond acceptors (Lipinski definition) is 6. The molecule has 2 aliphatic heterocycles. The van der Waals surface area contributed by atoms with Crippen molar-refractivity contribution in [3.05, 3.63) is 40.2 Å². The van der Waals surface area contributed by atoms with Gasteiger partial charge in [-0.2, -0.15) is 13.2 Å². The van der Waals surface area contributed by atoms with E-state index in [4.69, 9.17) is 4.74 Å². The van der Waals surface area contributed by atoms with E-state index in [2.05, 4.69) is 10.3 Å². The molecule has 1 saturated carbocycles. The summed E-state index contributed by atoms with van der Waals surface area (Å²) in [5.41, 5.74) is -0.105. The molecule has 1 unspecified atom stereocenters. The number of benzene rings is 1. The van der Waals surface area contributed by atoms with Crippen LogP contribution in [0.5, 0.6) is 5.75 Å². The number of likely N-dealkylation sites (tertiary alicyclic amines) is 1. The molecule has 0 bridgehead atoms. The molecule has 1 saturated heterocycles. The Morgan fingerprint density at radius 1 is 1.17 bits per heavy atom. The van der Waals surface area contributed by atoms with Crippen LogP contribution in [0, 0.1) is 18.3 Å². The number of halogens is 3. The van der Waals surface area contributed by atoms with Gasteiger partial charge in [-0.3, -0.25) is 14.4 Å². The van der Waals surface area contributed by atoms with E-state index in [9.17, 15) is 32.7 Å². The second kappa shape index (κ2) is 11.2. The lowest BCUT2D eigenvalue weighted by Crippen LogP contribution is -2.52. The minimum absolute atomic E-state index is 0.0351. The summed E-state index contributed by atoms with van der Waals surface area (Å²) >= 11 is 0. The number of aliphatic carboxylic acids is 1. The Morgan fingerprint density at radius 2 is 1.93 bits per heavy atom. The van der Waals surface area contributed by atoms with Crippen molar-refractivity contribution in [3.63, 3.8) is 0 Å². The number of fused-ring (bicyclic) bond motifs is 1. The molecule has 3 heterocycles. The summed E-state index contributed by atoms with van der Waals surface area (Å²) in [4.78, 5) is 42.7. The summed E-state index contributed by atoms with van der Waals surface area (Å²) in [6.45, 7) is 4.10. The molecule has 3 aliphatic rings. The number of aromatic nitrogens is 3. The second-order valence-electron chi connectivity index (χ2n) is 11.8. The van der Waals surface area contributed by atoms with E-state index < -0.39 is 41.8 Å². The van der Waals surface area contributed by atoms with E-state index in [0.29, 0.717) is 61.2 Å². The number of ether oxygens (including phenoxy) is 1. The Hall–Kier alpha value is -3.64. The van der Waals surface area contributed by atoms with Crippen molar-refractivity contribution in [1.82, 2.24) is 24.8 Å². The average molecular weight is 592 g/mol. The van der Waals surface area contributed by atoms with Crippen molar-refractivity contribution >= 4 is 17.8 Å². The lowest BCUT2D eigenvalue weighted by Gasteiger charge is -2.45. The number of alkyl halides is 3. The standard InChI is InChI=1S/C29H36F3N5O5/c1-17-9-10-22(42-16-20-25(29(30,31)32)35(3)34-33-20)24-18(17)11-14-37(21(24)15-36-13-6-8-23(36)38)26(39)19-7-4-5-12-28(19,2)27(40)41/h9-10,19,21H,4-8,11-16H2,1-3H3,(H,40,41)/t19?,21-,28-/m1/s1. The summed E-state index contributed by atoms with van der Waals surface area (Å²) in [5, 5.41) is 17.3. The monoisotopic (exact) mass is 591 g/mol. The molecule has 5 rings (SSSR count). The Kier molecular flexibility index (Phi) is 7.97. The third-order valence-electron chi connectivity index (χ3n) is 9.24. The van der Waals surface area contributed by atoms with Crippen LogP contribution in [-0.4, -0.2) is 67.3 Å². The number of nitrogens with zero attached hydrogens (tertiary/aromatic N) is 5. The maximum absolute atomic E-state index is 14.3. The Balaban J connectivity index is 1.54. The van der Waals surface area contributed by atoms with Crippen molar-refractivity contribution < 1.29 is 37.4 Å². The quantitative estimate of drug-likeness (QED) is 0.516. The lowest BCUT2D eigenvalue weighted by atomic mass is 9.66. The minimum Gasteiger partial charge on any atom is -0.487 e. The molecule has 10 nitrogen and oxygen atoms in total. The first-order chi connectivity index (χ1) is 19.8. The van der Waals surface area contributed by atoms with Crippen LogP contribution in [0.4, 0.5) is 13.2 Å². The zero-order chi connectivity index (χ0) is 30.4. The van der Waals surface area contributed by atoms with Crippen LogP contribution in [0.1, 0.15) is 79.6 Å². The molecule has 1 aliphatic carbocycles. The van der Waals surface area contributed by atoms with Crippen LogP contribution < -0.4 is 4.74 Å². The predicted molar refractivity (Wildman–Crippen MR) is 143 cm³/mol. The molecule has 1 N–H and O–H groups in total. The summed E-state index contributed by atoms with van der Waals surface area (Å²) < 4.78 is 47.7. The van der Waals surface area contributed by atoms with Gasteiger partial charge < -0.3 is 19.6 Å². The smallest absolute Gasteiger partial charge is 0.435 e. The van der Waals surface area contributed by atoms with Crippen LogP contribution in [-0.2, 0) is 40.6 Å². The highest BCUT2D eigenvalue weighted by Crippen LogP contribution is 2.46. The molecule has 1 aromatic heterocycles. The van der Waals surface area contributed by atoms with E-state index in [0.717, 1.165) is 31.0 Å². The fourth-order valence-corrected chi connectivity index (χ4v) is 6.85. The lowest BCUT2D eigenvalue weighted by molar-refractivity contribution is -0.162. The third-order valence-corrected chi connectivity index (χ3v) is 9.24. The molecule has 2 fully saturated rings. The van der Waals surface area contributed by atoms with Crippen molar-refractivity contribution in [3.8, 4) is 5.75 Å². The van der Waals surface area contributed by atoms with E-state index in [1.165, 1.54) is 0 Å². The SMILES string of the molecule is Cc1ccc(OCc2nnn(C)c2C(F)(F)F)c2c1CCN(C(=O)C1CCCC[C@@]1(C)C(=O)O)[C@@H]2CN1CCCC1=O. The van der Waals surface area contributed by atoms with Gasteiger partial charge >= 0.3 is 12.1 Å². The number of carbonyl (C=O) groups excluding carboxylic acids is 2. The topological polar surface area (TPSA) is 118 Å². The van der Waals surface area contributed by atoms with Crippen molar-refractivity contribution in [1.29, 1.82) is 0 Å². The van der Waals surface area contributed by atoms with E-state index >= 15 is 0 Å². The zero-order valence-electron chi connectivity index (χ0n) is 24.0. The normalized spacial score (nSPS) is 24.6. The summed E-state index contributed by atoms with van der Waals surface area (Å²) in [5.74, 6) is -1.75. The Morgan fingerprint density at radius 3 is 2.60 bits per heavy atom. The number of rotatable bonds is 7. The van der Waals surface area contributed by atoms with Crippen LogP contribution in [0.15, 0.2) is 12.1 Å². The number of aryl methyl sites for hydroxylation is 2. The number of hydrogen-bond donors (Lipinski definition) is 1. The molecule has 13 heteroatoms. The highest BCUT2D eigenvalue weighted by atomic mass is 19.4. The van der Waals surface area contributed by atoms with Crippen LogP contribution in [0.3, 0.4) is 0 Å². The fraction of sp³-hybridized carbons (Fsp3) is 0.621. The Bertz CT molecular complexity index is 1390. The van der Waals surface area contributed by atoms with Gasteiger partial charge in [-0.15, -0.1) is 5.10 Å². The number of amides is 2. The van der Waals surface area contributed by atoms with Gasteiger partial charge in [0.05, 0.1) is 17.4 Å². The van der Waals surface area contributed by atoms with Crippen molar-refractivity contribution in [2.24, 2.45) is 18.4 Å². The molecule has 228 valence electrons. The van der Waals surface area contributed by atoms with Gasteiger partial charge in [0.15, 0.2) is 5.69 Å². The van der Waals surface area contributed by atoms with Crippen molar-refractivity contribution in [2.45, 2.75) is 77.6 Å². The predicted octanol–water partition coefficient (Wildman–Crippen LogP) is 4.05. The van der Waals surface area contributed by atoms with Gasteiger partial charge in [-0.05, 0) is 56.7 Å². The summed E-state index contributed by atoms with van der Waals surface area (Å²) in [7, 11) is 1.16. The fourth-order valence-electron chi connectivity index (χ4n) is 6.85. The maximum atomic E-state index is 14.3. The largest absolute Gasteiger partial charge is 0.487 e. The Labute approximate surface area is 241 Å². The molecule has 3 atom stereocenters. The van der Waals surface area contributed by atoms with Gasteiger partial charge in [0.2, 0.25) is 11.8 Å². The van der Waals surface area contributed by atoms with E-state index in [1.54, 1.807) is 22.8 Å². The van der Waals surface area contributed by atoms with Gasteiger partial charge in [0.1, 0.15) is 18.1 Å². The minimum atomic E-state index is -4.68. The first kappa shape index (κ1) is 29.8. The summed E-state index contributed by atoms with van der Waals surface area (Å²) in [6, 6.07) is 2.85. The van der Waals surface area contributed by atoms with Crippen LogP contribution in [0.2, 0.25) is 0 Å². The molecule has 2 amide bonds. The molecule has 2 aromatic rings. The van der Waals surface area contributed by atoms with Gasteiger partial charge in [-0.1, -0.05) is 24.1 Å². The zero-order valence-corrected chi connectivity index (χ0v) is 24.0. The van der Waals surface area contributed by atoms with Crippen LogP contribution in [0.25, 0.3) is 0 Å². The second-order valence-corrected chi connectivity index (χ2v) is 11.8. The number of carboxylic acids is 1. The molecule has 0 radical (unpaired) electrons. The van der Waals surface area contributed by atoms with E-state index in [-0.39, 0.29) is 24.1 Å². The highest BCUT2D eigenvalue weighted by molar-refractivity contribution is 5.88. The third kappa shape index (κ3) is 5.33. The number of carboxylic acid groups (broad SMARTS) is 1. The molecular weight excluding hydrogens is 555 g/mol. The molecular formula is C29H36F3N5O5. The van der Waals surface area contributed by atoms with Gasteiger partial charge in [-0.25, -0.2) is 4.68 Å². The first-order valence-electron chi connectivity index (χ1n) is 14.4. The highest BCUT2D eigenvalue weighted by Gasteiger charge is 2.50. The van der Waals surface area contributed by atoms with Crippen LogP contribution >= 0.6 is 0 Å². The molecule has 0 spiro atoms. The van der Waals surface area contributed by atoms with E-state index in [1.807, 2.05) is 13.0 Å². The first-order valence-corrected chi connectivity index (χ1v) is 14.4. The summed E-state index contributed by atoms with van der Waals surface area (Å²) in [6.07, 6.45) is -0.817. The molecule has 42 heavy (non-hydrogen) atoms. The van der Waals surface area contributed by atoms with Gasteiger partial charge in [0.25, 0.3) is 0 Å². The molecule has 1 aromatic carbocycles.